The molecule has 1 atom stereocenters. The van der Waals surface area contributed by atoms with E-state index in [1.807, 2.05) is 86.3 Å². The van der Waals surface area contributed by atoms with Crippen LogP contribution in [0.2, 0.25) is 0 Å². The minimum atomic E-state index is -0.550. The molecule has 1 fully saturated rings. The molecule has 0 spiro atoms. The minimum Gasteiger partial charge on any atom is -0.348 e. The fourth-order valence-electron chi connectivity index (χ4n) is 3.80. The van der Waals surface area contributed by atoms with E-state index in [1.165, 1.54) is 0 Å². The fourth-order valence-corrected chi connectivity index (χ4v) is 3.80. The van der Waals surface area contributed by atoms with Gasteiger partial charge in [-0.2, -0.15) is 0 Å². The molecule has 3 rings (SSSR count). The summed E-state index contributed by atoms with van der Waals surface area (Å²) in [6.45, 7) is 9.04. The number of nitrogens with one attached hydrogen (secondary N) is 1. The number of carbonyl (C=O) groups excluding carboxylic acids is 2. The van der Waals surface area contributed by atoms with E-state index >= 15 is 0 Å². The molecule has 2 amide bonds. The zero-order chi connectivity index (χ0) is 20.9. The third-order valence-corrected chi connectivity index (χ3v) is 5.73. The van der Waals surface area contributed by atoms with Crippen LogP contribution in [0, 0.1) is 0 Å². The van der Waals surface area contributed by atoms with Gasteiger partial charge in [-0.05, 0) is 31.9 Å². The molecule has 1 N–H and O–H groups in total. The highest BCUT2D eigenvalue weighted by Crippen LogP contribution is 2.26. The lowest BCUT2D eigenvalue weighted by molar-refractivity contribution is -0.138. The van der Waals surface area contributed by atoms with Crippen LogP contribution in [-0.2, 0) is 15.0 Å². The van der Waals surface area contributed by atoms with Crippen molar-refractivity contribution < 1.29 is 9.59 Å². The van der Waals surface area contributed by atoms with Gasteiger partial charge in [0.1, 0.15) is 0 Å². The molecule has 0 bridgehead atoms. The summed E-state index contributed by atoms with van der Waals surface area (Å²) in [6.07, 6.45) is 0. The SMILES string of the molecule is CC(NC(=O)CN1CCN(C(=O)C(C)(C)c2ccccc2)CC1)c1ccccc1. The van der Waals surface area contributed by atoms with Gasteiger partial charge < -0.3 is 10.2 Å². The first-order valence-corrected chi connectivity index (χ1v) is 10.3. The molecule has 1 heterocycles. The molecular formula is C24H31N3O2. The van der Waals surface area contributed by atoms with E-state index in [4.69, 9.17) is 0 Å². The standard InChI is InChI=1S/C24H31N3O2/c1-19(20-10-6-4-7-11-20)25-22(28)18-26-14-16-27(17-15-26)23(29)24(2,3)21-12-8-5-9-13-21/h4-13,19H,14-18H2,1-3H3,(H,25,28). The number of rotatable bonds is 6. The summed E-state index contributed by atoms with van der Waals surface area (Å²) in [7, 11) is 0. The Kier molecular flexibility index (Phi) is 6.70. The van der Waals surface area contributed by atoms with Crippen molar-refractivity contribution in [3.63, 3.8) is 0 Å². The number of carbonyl (C=O) groups is 2. The van der Waals surface area contributed by atoms with Crippen LogP contribution in [0.15, 0.2) is 60.7 Å². The van der Waals surface area contributed by atoms with Gasteiger partial charge in [-0.1, -0.05) is 60.7 Å². The highest BCUT2D eigenvalue weighted by molar-refractivity contribution is 5.87. The quantitative estimate of drug-likeness (QED) is 0.821. The molecule has 1 aliphatic rings. The lowest BCUT2D eigenvalue weighted by Gasteiger charge is -2.38. The highest BCUT2D eigenvalue weighted by Gasteiger charge is 2.35. The predicted molar refractivity (Wildman–Crippen MR) is 115 cm³/mol. The van der Waals surface area contributed by atoms with Crippen molar-refractivity contribution in [1.29, 1.82) is 0 Å². The highest BCUT2D eigenvalue weighted by atomic mass is 16.2. The second kappa shape index (κ2) is 9.23. The van der Waals surface area contributed by atoms with Crippen molar-refractivity contribution in [1.82, 2.24) is 15.1 Å². The molecule has 1 unspecified atom stereocenters. The predicted octanol–water partition coefficient (Wildman–Crippen LogP) is 2.99. The molecule has 29 heavy (non-hydrogen) atoms. The van der Waals surface area contributed by atoms with E-state index < -0.39 is 5.41 Å². The molecule has 2 aromatic rings. The fraction of sp³-hybridized carbons (Fsp3) is 0.417. The van der Waals surface area contributed by atoms with Crippen molar-refractivity contribution in [3.8, 4) is 0 Å². The van der Waals surface area contributed by atoms with Crippen LogP contribution in [0.5, 0.6) is 0 Å². The van der Waals surface area contributed by atoms with Gasteiger partial charge in [0, 0.05) is 26.2 Å². The molecule has 0 aromatic heterocycles. The summed E-state index contributed by atoms with van der Waals surface area (Å²) in [6, 6.07) is 19.9. The number of hydrogen-bond donors (Lipinski definition) is 1. The summed E-state index contributed by atoms with van der Waals surface area (Å²) >= 11 is 0. The van der Waals surface area contributed by atoms with E-state index in [2.05, 4.69) is 10.2 Å². The van der Waals surface area contributed by atoms with Crippen LogP contribution in [0.1, 0.15) is 37.9 Å². The van der Waals surface area contributed by atoms with Crippen molar-refractivity contribution in [2.45, 2.75) is 32.2 Å². The Morgan fingerprint density at radius 1 is 0.931 bits per heavy atom. The van der Waals surface area contributed by atoms with Gasteiger partial charge in [-0.15, -0.1) is 0 Å². The van der Waals surface area contributed by atoms with Gasteiger partial charge in [0.25, 0.3) is 0 Å². The molecule has 154 valence electrons. The summed E-state index contributed by atoms with van der Waals surface area (Å²) in [4.78, 5) is 29.5. The van der Waals surface area contributed by atoms with Gasteiger partial charge in [-0.25, -0.2) is 0 Å². The summed E-state index contributed by atoms with van der Waals surface area (Å²) < 4.78 is 0. The summed E-state index contributed by atoms with van der Waals surface area (Å²) in [5.74, 6) is 0.163. The Balaban J connectivity index is 1.49. The van der Waals surface area contributed by atoms with E-state index in [0.717, 1.165) is 11.1 Å². The number of nitrogens with zero attached hydrogens (tertiary/aromatic N) is 2. The molecular weight excluding hydrogens is 362 g/mol. The summed E-state index contributed by atoms with van der Waals surface area (Å²) in [5.41, 5.74) is 1.58. The Labute approximate surface area is 173 Å². The molecule has 0 saturated carbocycles. The smallest absolute Gasteiger partial charge is 0.234 e. The molecule has 0 radical (unpaired) electrons. The maximum absolute atomic E-state index is 13.1. The second-order valence-corrected chi connectivity index (χ2v) is 8.26. The van der Waals surface area contributed by atoms with Crippen LogP contribution in [-0.4, -0.2) is 54.3 Å². The van der Waals surface area contributed by atoms with E-state index in [0.29, 0.717) is 32.7 Å². The average Bonchev–Trinajstić information content (AvgIpc) is 2.75. The van der Waals surface area contributed by atoms with E-state index in [-0.39, 0.29) is 17.9 Å². The Bertz CT molecular complexity index is 813. The van der Waals surface area contributed by atoms with Gasteiger partial charge in [0.2, 0.25) is 11.8 Å². The van der Waals surface area contributed by atoms with Gasteiger partial charge >= 0.3 is 0 Å². The Morgan fingerprint density at radius 2 is 1.48 bits per heavy atom. The third-order valence-electron chi connectivity index (χ3n) is 5.73. The van der Waals surface area contributed by atoms with Crippen LogP contribution in [0.4, 0.5) is 0 Å². The number of hydrogen-bond acceptors (Lipinski definition) is 3. The molecule has 1 aliphatic heterocycles. The molecule has 1 saturated heterocycles. The number of piperazine rings is 1. The normalized spacial score (nSPS) is 16.3. The average molecular weight is 394 g/mol. The molecule has 2 aromatic carbocycles. The topological polar surface area (TPSA) is 52.7 Å². The zero-order valence-corrected chi connectivity index (χ0v) is 17.6. The third kappa shape index (κ3) is 5.24. The first kappa shape index (κ1) is 21.1. The lowest BCUT2D eigenvalue weighted by atomic mass is 9.83. The summed E-state index contributed by atoms with van der Waals surface area (Å²) in [5, 5.41) is 3.06. The molecule has 5 nitrogen and oxygen atoms in total. The first-order chi connectivity index (χ1) is 13.9. The maximum atomic E-state index is 13.1. The molecule has 0 aliphatic carbocycles. The van der Waals surface area contributed by atoms with Crippen molar-refractivity contribution in [2.75, 3.05) is 32.7 Å². The Morgan fingerprint density at radius 3 is 2.07 bits per heavy atom. The van der Waals surface area contributed by atoms with E-state index in [9.17, 15) is 9.59 Å². The van der Waals surface area contributed by atoms with Crippen molar-refractivity contribution in [3.05, 3.63) is 71.8 Å². The van der Waals surface area contributed by atoms with Gasteiger partial charge in [0.15, 0.2) is 0 Å². The second-order valence-electron chi connectivity index (χ2n) is 8.26. The van der Waals surface area contributed by atoms with Crippen molar-refractivity contribution >= 4 is 11.8 Å². The maximum Gasteiger partial charge on any atom is 0.234 e. The van der Waals surface area contributed by atoms with Crippen LogP contribution in [0.25, 0.3) is 0 Å². The number of amides is 2. The minimum absolute atomic E-state index is 0.0155. The van der Waals surface area contributed by atoms with E-state index in [1.54, 1.807) is 0 Å². The van der Waals surface area contributed by atoms with Gasteiger partial charge in [-0.3, -0.25) is 14.5 Å². The largest absolute Gasteiger partial charge is 0.348 e. The first-order valence-electron chi connectivity index (χ1n) is 10.3. The van der Waals surface area contributed by atoms with Crippen LogP contribution < -0.4 is 5.32 Å². The van der Waals surface area contributed by atoms with Crippen molar-refractivity contribution in [2.24, 2.45) is 0 Å². The van der Waals surface area contributed by atoms with Crippen LogP contribution in [0.3, 0.4) is 0 Å². The van der Waals surface area contributed by atoms with Gasteiger partial charge in [0.05, 0.1) is 18.0 Å². The van der Waals surface area contributed by atoms with Crippen LogP contribution >= 0.6 is 0 Å². The monoisotopic (exact) mass is 393 g/mol. The Hall–Kier alpha value is -2.66. The molecule has 5 heteroatoms. The zero-order valence-electron chi connectivity index (χ0n) is 17.6. The lowest BCUT2D eigenvalue weighted by Crippen LogP contribution is -2.54. The number of benzene rings is 2.